The fourth-order valence-electron chi connectivity index (χ4n) is 10.1. The summed E-state index contributed by atoms with van der Waals surface area (Å²) in [4.78, 5) is 2.39. The molecule has 0 saturated heterocycles. The molecule has 0 amide bonds. The molecule has 2 heteroatoms. The second-order valence-corrected chi connectivity index (χ2v) is 16.4. The van der Waals surface area contributed by atoms with Gasteiger partial charge in [0, 0.05) is 33.4 Å². The van der Waals surface area contributed by atoms with Gasteiger partial charge in [0.1, 0.15) is 11.2 Å². The summed E-state index contributed by atoms with van der Waals surface area (Å²) in [6.07, 6.45) is 0. The van der Waals surface area contributed by atoms with Gasteiger partial charge < -0.3 is 9.32 Å². The number of para-hydroxylation sites is 2. The second-order valence-electron chi connectivity index (χ2n) is 16.4. The molecule has 1 aromatic heterocycles. The van der Waals surface area contributed by atoms with Crippen molar-refractivity contribution < 1.29 is 4.42 Å². The zero-order valence-electron chi connectivity index (χ0n) is 33.7. The molecule has 62 heavy (non-hydrogen) atoms. The van der Waals surface area contributed by atoms with Crippen LogP contribution in [0.4, 0.5) is 17.1 Å². The monoisotopic (exact) mass is 787 g/mol. The highest BCUT2D eigenvalue weighted by Crippen LogP contribution is 2.50. The van der Waals surface area contributed by atoms with Gasteiger partial charge >= 0.3 is 0 Å². The van der Waals surface area contributed by atoms with Crippen molar-refractivity contribution >= 4 is 71.3 Å². The molecule has 0 saturated carbocycles. The summed E-state index contributed by atoms with van der Waals surface area (Å²) in [5, 5.41) is 9.92. The van der Waals surface area contributed by atoms with Gasteiger partial charge in [0.25, 0.3) is 0 Å². The van der Waals surface area contributed by atoms with Gasteiger partial charge in [-0.25, -0.2) is 0 Å². The van der Waals surface area contributed by atoms with Crippen molar-refractivity contribution in [3.63, 3.8) is 0 Å². The summed E-state index contributed by atoms with van der Waals surface area (Å²) in [6.45, 7) is 0. The Morgan fingerprint density at radius 2 is 0.839 bits per heavy atom. The quantitative estimate of drug-likeness (QED) is 0.156. The molecule has 0 radical (unpaired) electrons. The van der Waals surface area contributed by atoms with Crippen LogP contribution in [0.5, 0.6) is 0 Å². The second kappa shape index (κ2) is 13.7. The normalized spacial score (nSPS) is 11.9. The number of rotatable bonds is 6. The van der Waals surface area contributed by atoms with E-state index in [2.05, 4.69) is 217 Å². The van der Waals surface area contributed by atoms with Crippen LogP contribution in [-0.2, 0) is 0 Å². The van der Waals surface area contributed by atoms with E-state index in [1.165, 1.54) is 76.8 Å². The minimum atomic E-state index is 0.905. The summed E-state index contributed by atoms with van der Waals surface area (Å²) in [6, 6.07) is 81.8. The van der Waals surface area contributed by atoms with E-state index in [4.69, 9.17) is 4.42 Å². The Kier molecular flexibility index (Phi) is 7.64. The number of anilines is 3. The van der Waals surface area contributed by atoms with Crippen molar-refractivity contribution in [2.75, 3.05) is 4.90 Å². The van der Waals surface area contributed by atoms with Gasteiger partial charge in [-0.3, -0.25) is 0 Å². The highest BCUT2D eigenvalue weighted by atomic mass is 16.3. The summed E-state index contributed by atoms with van der Waals surface area (Å²) in [5.41, 5.74) is 17.3. The molecule has 288 valence electrons. The first-order valence-corrected chi connectivity index (χ1v) is 21.3. The molecule has 2 nitrogen and oxygen atoms in total. The van der Waals surface area contributed by atoms with E-state index in [1.54, 1.807) is 0 Å². The number of furan rings is 1. The third kappa shape index (κ3) is 5.37. The summed E-state index contributed by atoms with van der Waals surface area (Å²) in [5.74, 6) is 0. The van der Waals surface area contributed by atoms with Crippen LogP contribution in [-0.4, -0.2) is 0 Å². The van der Waals surface area contributed by atoms with E-state index in [0.29, 0.717) is 0 Å². The van der Waals surface area contributed by atoms with E-state index in [1.807, 2.05) is 12.1 Å². The first kappa shape index (κ1) is 34.6. The lowest BCUT2D eigenvalue weighted by Crippen LogP contribution is -2.10. The van der Waals surface area contributed by atoms with Crippen LogP contribution < -0.4 is 4.90 Å². The van der Waals surface area contributed by atoms with Gasteiger partial charge in [-0.1, -0.05) is 176 Å². The van der Waals surface area contributed by atoms with Crippen LogP contribution in [0.1, 0.15) is 0 Å². The summed E-state index contributed by atoms with van der Waals surface area (Å²) < 4.78 is 6.47. The van der Waals surface area contributed by atoms with Crippen LogP contribution in [0.15, 0.2) is 229 Å². The molecule has 0 fully saturated rings. The van der Waals surface area contributed by atoms with Crippen molar-refractivity contribution in [1.29, 1.82) is 0 Å². The van der Waals surface area contributed by atoms with Gasteiger partial charge in [-0.2, -0.15) is 0 Å². The molecular formula is C60H37NO. The molecule has 0 spiro atoms. The summed E-state index contributed by atoms with van der Waals surface area (Å²) in [7, 11) is 0. The number of benzene rings is 11. The van der Waals surface area contributed by atoms with E-state index in [-0.39, 0.29) is 0 Å². The molecule has 0 aliphatic heterocycles. The average Bonchev–Trinajstić information content (AvgIpc) is 3.89. The van der Waals surface area contributed by atoms with Crippen LogP contribution in [0.3, 0.4) is 0 Å². The topological polar surface area (TPSA) is 16.4 Å². The van der Waals surface area contributed by atoms with Crippen LogP contribution in [0.25, 0.3) is 110 Å². The Bertz CT molecular complexity index is 3730. The molecule has 13 rings (SSSR count). The molecule has 1 aliphatic carbocycles. The first-order chi connectivity index (χ1) is 30.7. The fraction of sp³-hybridized carbons (Fsp3) is 0. The predicted molar refractivity (Wildman–Crippen MR) is 262 cm³/mol. The molecular weight excluding hydrogens is 751 g/mol. The molecule has 11 aromatic carbocycles. The van der Waals surface area contributed by atoms with E-state index in [0.717, 1.165) is 50.1 Å². The summed E-state index contributed by atoms with van der Waals surface area (Å²) >= 11 is 0. The maximum absolute atomic E-state index is 6.47. The molecule has 0 bridgehead atoms. The Balaban J connectivity index is 0.951. The highest BCUT2D eigenvalue weighted by molar-refractivity contribution is 6.19. The van der Waals surface area contributed by atoms with Crippen LogP contribution >= 0.6 is 0 Å². The number of nitrogens with zero attached hydrogens (tertiary/aromatic N) is 1. The minimum Gasteiger partial charge on any atom is -0.455 e. The SMILES string of the molecule is c1cc(-c2ccc3c(ccc4ccccc43)c2)cc(N(c2ccc(-c3cccc4c3oc3ccccc34)cc2)c2cccc(-c3ccc4c5c(cccc35)-c3ccccc3-4)c2)c1. The highest BCUT2D eigenvalue weighted by Gasteiger charge is 2.23. The van der Waals surface area contributed by atoms with Crippen LogP contribution in [0, 0.1) is 0 Å². The Morgan fingerprint density at radius 3 is 1.68 bits per heavy atom. The third-order valence-electron chi connectivity index (χ3n) is 13.0. The van der Waals surface area contributed by atoms with Crippen molar-refractivity contribution in [1.82, 2.24) is 0 Å². The zero-order valence-corrected chi connectivity index (χ0v) is 33.7. The van der Waals surface area contributed by atoms with Gasteiger partial charge in [0.2, 0.25) is 0 Å². The maximum Gasteiger partial charge on any atom is 0.143 e. The smallest absolute Gasteiger partial charge is 0.143 e. The molecule has 12 aromatic rings. The third-order valence-corrected chi connectivity index (χ3v) is 13.0. The van der Waals surface area contributed by atoms with Crippen molar-refractivity contribution in [2.45, 2.75) is 0 Å². The lowest BCUT2D eigenvalue weighted by Gasteiger charge is -2.27. The van der Waals surface area contributed by atoms with Crippen LogP contribution in [0.2, 0.25) is 0 Å². The maximum atomic E-state index is 6.47. The zero-order chi connectivity index (χ0) is 40.7. The minimum absolute atomic E-state index is 0.905. The Morgan fingerprint density at radius 1 is 0.274 bits per heavy atom. The molecule has 1 aliphatic rings. The van der Waals surface area contributed by atoms with Crippen molar-refractivity contribution in [3.8, 4) is 55.6 Å². The number of hydrogen-bond donors (Lipinski definition) is 0. The van der Waals surface area contributed by atoms with Gasteiger partial charge in [0.05, 0.1) is 0 Å². The average molecular weight is 788 g/mol. The fourth-order valence-corrected chi connectivity index (χ4v) is 10.1. The van der Waals surface area contributed by atoms with Gasteiger partial charge in [-0.15, -0.1) is 0 Å². The first-order valence-electron chi connectivity index (χ1n) is 21.3. The van der Waals surface area contributed by atoms with Gasteiger partial charge in [0.15, 0.2) is 0 Å². The van der Waals surface area contributed by atoms with Crippen molar-refractivity contribution in [2.24, 2.45) is 0 Å². The standard InChI is InChI=1S/C60H37NO/c1-2-16-47-38(11-1)25-26-43-35-41(29-32-48(43)47)40-12-7-14-45(36-40)61(44-30-27-39(28-31-44)50-20-9-23-57-53-19-5-6-24-58(53)62-60(50)57)46-15-8-13-42(37-46)49-33-34-56-52-18-4-3-17-51(52)55-22-10-21-54(49)59(55)56/h1-37H. The lowest BCUT2D eigenvalue weighted by molar-refractivity contribution is 0.670. The molecule has 0 atom stereocenters. The van der Waals surface area contributed by atoms with E-state index >= 15 is 0 Å². The number of hydrogen-bond acceptors (Lipinski definition) is 2. The van der Waals surface area contributed by atoms with Gasteiger partial charge in [-0.05, 0) is 131 Å². The van der Waals surface area contributed by atoms with E-state index in [9.17, 15) is 0 Å². The largest absolute Gasteiger partial charge is 0.455 e. The Labute approximate surface area is 359 Å². The number of fused-ring (bicyclic) bond motifs is 9. The van der Waals surface area contributed by atoms with E-state index < -0.39 is 0 Å². The molecule has 0 N–H and O–H groups in total. The Hall–Kier alpha value is -8.20. The molecule has 0 unspecified atom stereocenters. The molecule has 1 heterocycles. The van der Waals surface area contributed by atoms with Crippen molar-refractivity contribution in [3.05, 3.63) is 224 Å². The predicted octanol–water partition coefficient (Wildman–Crippen LogP) is 17.2. The lowest BCUT2D eigenvalue weighted by atomic mass is 9.94.